The number of nitrogens with zero attached hydrogens (tertiary/aromatic N) is 3. The van der Waals surface area contributed by atoms with Gasteiger partial charge in [0, 0.05) is 19.2 Å². The number of anilines is 1. The van der Waals surface area contributed by atoms with Gasteiger partial charge in [0.25, 0.3) is 0 Å². The molecule has 2 heterocycles. The van der Waals surface area contributed by atoms with E-state index in [1.54, 1.807) is 6.20 Å². The monoisotopic (exact) mass is 248 g/mol. The second-order valence-electron chi connectivity index (χ2n) is 5.18. The van der Waals surface area contributed by atoms with E-state index >= 15 is 0 Å². The fraction of sp³-hybridized carbons (Fsp3) is 0.615. The molecule has 1 amide bonds. The van der Waals surface area contributed by atoms with Gasteiger partial charge < -0.3 is 10.6 Å². The lowest BCUT2D eigenvalue weighted by Gasteiger charge is -2.25. The van der Waals surface area contributed by atoms with Crippen molar-refractivity contribution in [2.45, 2.75) is 39.2 Å². The van der Waals surface area contributed by atoms with Gasteiger partial charge in [0.15, 0.2) is 0 Å². The second kappa shape index (κ2) is 5.33. The number of rotatable bonds is 3. The average molecular weight is 248 g/mol. The Kier molecular flexibility index (Phi) is 3.79. The third kappa shape index (κ3) is 2.78. The minimum atomic E-state index is 0.0709. The summed E-state index contributed by atoms with van der Waals surface area (Å²) >= 11 is 0. The van der Waals surface area contributed by atoms with Crippen molar-refractivity contribution in [2.24, 2.45) is 5.92 Å². The highest BCUT2D eigenvalue weighted by atomic mass is 16.2. The smallest absolute Gasteiger partial charge is 0.223 e. The van der Waals surface area contributed by atoms with Crippen LogP contribution < -0.4 is 5.73 Å². The quantitative estimate of drug-likeness (QED) is 0.884. The van der Waals surface area contributed by atoms with Crippen molar-refractivity contribution < 1.29 is 4.79 Å². The Morgan fingerprint density at radius 3 is 3.06 bits per heavy atom. The van der Waals surface area contributed by atoms with Crippen LogP contribution in [0.1, 0.15) is 44.8 Å². The topological polar surface area (TPSA) is 72.1 Å². The number of hydrogen-bond acceptors (Lipinski definition) is 4. The van der Waals surface area contributed by atoms with Gasteiger partial charge in [-0.1, -0.05) is 13.8 Å². The van der Waals surface area contributed by atoms with E-state index < -0.39 is 0 Å². The minimum Gasteiger partial charge on any atom is -0.368 e. The Bertz CT molecular complexity index is 433. The highest BCUT2D eigenvalue weighted by Crippen LogP contribution is 2.31. The summed E-state index contributed by atoms with van der Waals surface area (Å²) in [5.41, 5.74) is 6.46. The predicted octanol–water partition coefficient (Wildman–Crippen LogP) is 1.77. The van der Waals surface area contributed by atoms with E-state index in [0.29, 0.717) is 12.3 Å². The number of amides is 1. The zero-order valence-electron chi connectivity index (χ0n) is 11.0. The van der Waals surface area contributed by atoms with Crippen LogP contribution in [0.5, 0.6) is 0 Å². The summed E-state index contributed by atoms with van der Waals surface area (Å²) in [6.07, 6.45) is 4.23. The van der Waals surface area contributed by atoms with E-state index in [-0.39, 0.29) is 17.9 Å². The van der Waals surface area contributed by atoms with Crippen molar-refractivity contribution in [2.75, 3.05) is 12.3 Å². The van der Waals surface area contributed by atoms with Crippen molar-refractivity contribution in [3.63, 3.8) is 0 Å². The van der Waals surface area contributed by atoms with E-state index in [0.717, 1.165) is 25.1 Å². The first-order valence-corrected chi connectivity index (χ1v) is 6.46. The van der Waals surface area contributed by atoms with Gasteiger partial charge in [-0.3, -0.25) is 4.79 Å². The lowest BCUT2D eigenvalue weighted by molar-refractivity contribution is -0.133. The molecule has 2 rings (SSSR count). The molecule has 1 fully saturated rings. The van der Waals surface area contributed by atoms with Crippen molar-refractivity contribution in [1.29, 1.82) is 0 Å². The molecule has 0 spiro atoms. The van der Waals surface area contributed by atoms with Gasteiger partial charge in [0.1, 0.15) is 0 Å². The summed E-state index contributed by atoms with van der Waals surface area (Å²) in [6.45, 7) is 4.94. The van der Waals surface area contributed by atoms with E-state index in [1.807, 2.05) is 11.0 Å². The molecule has 0 unspecified atom stereocenters. The molecule has 18 heavy (non-hydrogen) atoms. The summed E-state index contributed by atoms with van der Waals surface area (Å²) in [7, 11) is 0. The van der Waals surface area contributed by atoms with Gasteiger partial charge in [-0.25, -0.2) is 9.97 Å². The van der Waals surface area contributed by atoms with Gasteiger partial charge >= 0.3 is 0 Å². The van der Waals surface area contributed by atoms with Crippen LogP contribution in [0.25, 0.3) is 0 Å². The summed E-state index contributed by atoms with van der Waals surface area (Å²) in [5, 5.41) is 0. The predicted molar refractivity (Wildman–Crippen MR) is 69.6 cm³/mol. The first-order chi connectivity index (χ1) is 8.58. The number of nitrogens with two attached hydrogens (primary N) is 1. The maximum Gasteiger partial charge on any atom is 0.223 e. The molecule has 1 saturated heterocycles. The third-order valence-electron chi connectivity index (χ3n) is 3.19. The molecule has 1 aromatic rings. The summed E-state index contributed by atoms with van der Waals surface area (Å²) in [5.74, 6) is 0.870. The van der Waals surface area contributed by atoms with Gasteiger partial charge in [-0.2, -0.15) is 0 Å². The summed E-state index contributed by atoms with van der Waals surface area (Å²) in [4.78, 5) is 22.2. The Morgan fingerprint density at radius 1 is 1.61 bits per heavy atom. The lowest BCUT2D eigenvalue weighted by atomic mass is 10.1. The molecule has 0 saturated carbocycles. The van der Waals surface area contributed by atoms with E-state index in [4.69, 9.17) is 5.73 Å². The number of hydrogen-bond donors (Lipinski definition) is 1. The van der Waals surface area contributed by atoms with Crippen LogP contribution in [0.15, 0.2) is 12.3 Å². The molecular formula is C13H20N4O. The maximum atomic E-state index is 12.2. The van der Waals surface area contributed by atoms with Crippen molar-refractivity contribution >= 4 is 11.9 Å². The summed E-state index contributed by atoms with van der Waals surface area (Å²) in [6, 6.07) is 1.92. The molecule has 1 aromatic heterocycles. The van der Waals surface area contributed by atoms with E-state index in [1.165, 1.54) is 0 Å². The first kappa shape index (κ1) is 12.8. The van der Waals surface area contributed by atoms with Gasteiger partial charge in [-0.05, 0) is 24.8 Å². The average Bonchev–Trinajstić information content (AvgIpc) is 2.76. The minimum absolute atomic E-state index is 0.0709. The fourth-order valence-corrected chi connectivity index (χ4v) is 2.41. The normalized spacial score (nSPS) is 19.5. The molecule has 0 radical (unpaired) electrons. The Labute approximate surface area is 107 Å². The Balaban J connectivity index is 2.14. The van der Waals surface area contributed by atoms with Crippen LogP contribution in [0.2, 0.25) is 0 Å². The van der Waals surface area contributed by atoms with Crippen LogP contribution >= 0.6 is 0 Å². The largest absolute Gasteiger partial charge is 0.368 e. The van der Waals surface area contributed by atoms with Crippen molar-refractivity contribution in [3.05, 3.63) is 18.0 Å². The van der Waals surface area contributed by atoms with E-state index in [9.17, 15) is 4.79 Å². The Morgan fingerprint density at radius 2 is 2.39 bits per heavy atom. The van der Waals surface area contributed by atoms with Crippen LogP contribution in [0, 0.1) is 5.92 Å². The molecule has 1 aliphatic rings. The molecular weight excluding hydrogens is 228 g/mol. The standard InChI is InChI=1S/C13H20N4O/c1-9(2)8-12(18)17-7-3-4-11(17)10-5-6-15-13(14)16-10/h5-6,9,11H,3-4,7-8H2,1-2H3,(H2,14,15,16)/t11-/m0/s1. The molecule has 1 aliphatic heterocycles. The van der Waals surface area contributed by atoms with Crippen LogP contribution in [0.3, 0.4) is 0 Å². The fourth-order valence-electron chi connectivity index (χ4n) is 2.41. The van der Waals surface area contributed by atoms with Crippen molar-refractivity contribution in [1.82, 2.24) is 14.9 Å². The maximum absolute atomic E-state index is 12.2. The second-order valence-corrected chi connectivity index (χ2v) is 5.18. The Hall–Kier alpha value is -1.65. The highest BCUT2D eigenvalue weighted by Gasteiger charge is 2.30. The van der Waals surface area contributed by atoms with Gasteiger partial charge in [0.05, 0.1) is 11.7 Å². The SMILES string of the molecule is CC(C)CC(=O)N1CCC[C@H]1c1ccnc(N)n1. The number of aromatic nitrogens is 2. The molecule has 1 atom stereocenters. The highest BCUT2D eigenvalue weighted by molar-refractivity contribution is 5.77. The zero-order chi connectivity index (χ0) is 13.1. The molecule has 0 aromatic carbocycles. The van der Waals surface area contributed by atoms with Crippen LogP contribution in [0.4, 0.5) is 5.95 Å². The van der Waals surface area contributed by atoms with Crippen molar-refractivity contribution in [3.8, 4) is 0 Å². The molecule has 98 valence electrons. The molecule has 5 nitrogen and oxygen atoms in total. The van der Waals surface area contributed by atoms with Crippen LogP contribution in [-0.4, -0.2) is 27.3 Å². The molecule has 5 heteroatoms. The summed E-state index contributed by atoms with van der Waals surface area (Å²) < 4.78 is 0. The van der Waals surface area contributed by atoms with Gasteiger partial charge in [-0.15, -0.1) is 0 Å². The van der Waals surface area contributed by atoms with Crippen LogP contribution in [-0.2, 0) is 4.79 Å². The zero-order valence-corrected chi connectivity index (χ0v) is 11.0. The molecule has 2 N–H and O–H groups in total. The number of nitrogen functional groups attached to an aromatic ring is 1. The number of carbonyl (C=O) groups is 1. The van der Waals surface area contributed by atoms with E-state index in [2.05, 4.69) is 23.8 Å². The molecule has 0 aliphatic carbocycles. The van der Waals surface area contributed by atoms with Gasteiger partial charge in [0.2, 0.25) is 11.9 Å². The third-order valence-corrected chi connectivity index (χ3v) is 3.19. The number of likely N-dealkylation sites (tertiary alicyclic amines) is 1. The number of carbonyl (C=O) groups excluding carboxylic acids is 1. The lowest BCUT2D eigenvalue weighted by Crippen LogP contribution is -2.31. The first-order valence-electron chi connectivity index (χ1n) is 6.46. The molecule has 0 bridgehead atoms.